The maximum absolute atomic E-state index is 12.3. The SMILES string of the molecule is CCN(CC)C(=O)Nc1cc(Cl)ccc1N1CCCCC1. The van der Waals surface area contributed by atoms with E-state index in [0.717, 1.165) is 24.5 Å². The number of carbonyl (C=O) groups excluding carboxylic acids is 1. The number of hydrogen-bond donors (Lipinski definition) is 1. The second-order valence-electron chi connectivity index (χ2n) is 5.31. The number of hydrogen-bond acceptors (Lipinski definition) is 2. The van der Waals surface area contributed by atoms with Crippen LogP contribution in [0.5, 0.6) is 0 Å². The first-order chi connectivity index (χ1) is 10.2. The van der Waals surface area contributed by atoms with Gasteiger partial charge in [0, 0.05) is 31.2 Å². The number of nitrogens with one attached hydrogen (secondary N) is 1. The molecule has 1 aliphatic heterocycles. The second kappa shape index (κ2) is 7.55. The van der Waals surface area contributed by atoms with Gasteiger partial charge in [-0.3, -0.25) is 0 Å². The molecule has 4 nitrogen and oxygen atoms in total. The fourth-order valence-electron chi connectivity index (χ4n) is 2.72. The normalized spacial score (nSPS) is 14.9. The summed E-state index contributed by atoms with van der Waals surface area (Å²) in [7, 11) is 0. The van der Waals surface area contributed by atoms with Crippen LogP contribution in [0.25, 0.3) is 0 Å². The fraction of sp³-hybridized carbons (Fsp3) is 0.562. The second-order valence-corrected chi connectivity index (χ2v) is 5.75. The average molecular weight is 310 g/mol. The molecule has 0 radical (unpaired) electrons. The molecule has 1 aromatic carbocycles. The van der Waals surface area contributed by atoms with E-state index in [2.05, 4.69) is 10.2 Å². The van der Waals surface area contributed by atoms with E-state index < -0.39 is 0 Å². The summed E-state index contributed by atoms with van der Waals surface area (Å²) >= 11 is 6.10. The van der Waals surface area contributed by atoms with Crippen molar-refractivity contribution in [3.05, 3.63) is 23.2 Å². The van der Waals surface area contributed by atoms with Crippen LogP contribution in [-0.2, 0) is 0 Å². The minimum atomic E-state index is -0.0690. The summed E-state index contributed by atoms with van der Waals surface area (Å²) in [5, 5.41) is 3.66. The number of anilines is 2. The molecule has 1 fully saturated rings. The zero-order valence-corrected chi connectivity index (χ0v) is 13.6. The molecule has 116 valence electrons. The first-order valence-corrected chi connectivity index (χ1v) is 8.14. The van der Waals surface area contributed by atoms with Crippen LogP contribution in [-0.4, -0.2) is 37.1 Å². The zero-order chi connectivity index (χ0) is 15.2. The molecule has 2 rings (SSSR count). The molecule has 1 heterocycles. The van der Waals surface area contributed by atoms with Gasteiger partial charge in [0.1, 0.15) is 0 Å². The molecule has 1 N–H and O–H groups in total. The minimum absolute atomic E-state index is 0.0690. The predicted octanol–water partition coefficient (Wildman–Crippen LogP) is 4.20. The standard InChI is InChI=1S/C16H24ClN3O/c1-3-19(4-2)16(21)18-14-12-13(17)8-9-15(14)20-10-6-5-7-11-20/h8-9,12H,3-7,10-11H2,1-2H3,(H,18,21). The number of benzene rings is 1. The molecule has 0 atom stereocenters. The van der Waals surface area contributed by atoms with Crippen molar-refractivity contribution in [2.45, 2.75) is 33.1 Å². The Morgan fingerprint density at radius 3 is 2.52 bits per heavy atom. The van der Waals surface area contributed by atoms with Gasteiger partial charge in [0.05, 0.1) is 11.4 Å². The van der Waals surface area contributed by atoms with Gasteiger partial charge in [0.25, 0.3) is 0 Å². The molecule has 1 aliphatic rings. The molecular formula is C16H24ClN3O. The molecule has 1 saturated heterocycles. The Kier molecular flexibility index (Phi) is 5.74. The Hall–Kier alpha value is -1.42. The van der Waals surface area contributed by atoms with Gasteiger partial charge in [-0.2, -0.15) is 0 Å². The highest BCUT2D eigenvalue weighted by atomic mass is 35.5. The largest absolute Gasteiger partial charge is 0.370 e. The maximum atomic E-state index is 12.3. The van der Waals surface area contributed by atoms with Gasteiger partial charge in [-0.1, -0.05) is 11.6 Å². The van der Waals surface area contributed by atoms with Gasteiger partial charge < -0.3 is 15.1 Å². The lowest BCUT2D eigenvalue weighted by Gasteiger charge is -2.31. The highest BCUT2D eigenvalue weighted by Crippen LogP contribution is 2.31. The van der Waals surface area contributed by atoms with Gasteiger partial charge in [-0.05, 0) is 51.3 Å². The maximum Gasteiger partial charge on any atom is 0.321 e. The van der Waals surface area contributed by atoms with Crippen LogP contribution in [0.2, 0.25) is 5.02 Å². The molecule has 0 spiro atoms. The Balaban J connectivity index is 2.20. The van der Waals surface area contributed by atoms with Crippen LogP contribution in [0, 0.1) is 0 Å². The van der Waals surface area contributed by atoms with Crippen molar-refractivity contribution < 1.29 is 4.79 Å². The van der Waals surface area contributed by atoms with Crippen molar-refractivity contribution in [1.29, 1.82) is 0 Å². The van der Waals surface area contributed by atoms with E-state index in [1.165, 1.54) is 19.3 Å². The average Bonchev–Trinajstić information content (AvgIpc) is 2.49. The minimum Gasteiger partial charge on any atom is -0.370 e. The molecular weight excluding hydrogens is 286 g/mol. The van der Waals surface area contributed by atoms with Gasteiger partial charge in [0.15, 0.2) is 0 Å². The third-order valence-electron chi connectivity index (χ3n) is 3.95. The summed E-state index contributed by atoms with van der Waals surface area (Å²) in [5.74, 6) is 0. The van der Waals surface area contributed by atoms with Crippen LogP contribution in [0.15, 0.2) is 18.2 Å². The summed E-state index contributed by atoms with van der Waals surface area (Å²) < 4.78 is 0. The van der Waals surface area contributed by atoms with E-state index >= 15 is 0 Å². The summed E-state index contributed by atoms with van der Waals surface area (Å²) in [6, 6.07) is 5.66. The van der Waals surface area contributed by atoms with Crippen molar-refractivity contribution in [3.8, 4) is 0 Å². The Labute approximate surface area is 132 Å². The van der Waals surface area contributed by atoms with E-state index in [-0.39, 0.29) is 6.03 Å². The third-order valence-corrected chi connectivity index (χ3v) is 4.18. The molecule has 0 saturated carbocycles. The summed E-state index contributed by atoms with van der Waals surface area (Å²) in [6.45, 7) is 7.43. The Morgan fingerprint density at radius 1 is 1.24 bits per heavy atom. The van der Waals surface area contributed by atoms with E-state index in [0.29, 0.717) is 18.1 Å². The zero-order valence-electron chi connectivity index (χ0n) is 12.9. The number of nitrogens with zero attached hydrogens (tertiary/aromatic N) is 2. The number of rotatable bonds is 4. The van der Waals surface area contributed by atoms with Crippen LogP contribution < -0.4 is 10.2 Å². The smallest absolute Gasteiger partial charge is 0.321 e. The van der Waals surface area contributed by atoms with Gasteiger partial charge in [-0.15, -0.1) is 0 Å². The molecule has 0 aliphatic carbocycles. The Morgan fingerprint density at radius 2 is 1.90 bits per heavy atom. The Bertz CT molecular complexity index is 482. The fourth-order valence-corrected chi connectivity index (χ4v) is 2.90. The van der Waals surface area contributed by atoms with Crippen molar-refractivity contribution >= 4 is 29.0 Å². The third kappa shape index (κ3) is 4.03. The van der Waals surface area contributed by atoms with E-state index in [1.807, 2.05) is 32.0 Å². The molecule has 0 bridgehead atoms. The van der Waals surface area contributed by atoms with Crippen molar-refractivity contribution in [2.75, 3.05) is 36.4 Å². The van der Waals surface area contributed by atoms with Crippen molar-refractivity contribution in [2.24, 2.45) is 0 Å². The lowest BCUT2D eigenvalue weighted by molar-refractivity contribution is 0.217. The lowest BCUT2D eigenvalue weighted by atomic mass is 10.1. The molecule has 21 heavy (non-hydrogen) atoms. The molecule has 0 aromatic heterocycles. The van der Waals surface area contributed by atoms with Crippen molar-refractivity contribution in [3.63, 3.8) is 0 Å². The predicted molar refractivity (Wildman–Crippen MR) is 89.5 cm³/mol. The van der Waals surface area contributed by atoms with E-state index in [1.54, 1.807) is 4.90 Å². The topological polar surface area (TPSA) is 35.6 Å². The van der Waals surface area contributed by atoms with Crippen LogP contribution >= 0.6 is 11.6 Å². The highest BCUT2D eigenvalue weighted by Gasteiger charge is 2.17. The number of amides is 2. The summed E-state index contributed by atoms with van der Waals surface area (Å²) in [4.78, 5) is 16.4. The number of piperidine rings is 1. The molecule has 5 heteroatoms. The molecule has 1 aromatic rings. The monoisotopic (exact) mass is 309 g/mol. The van der Waals surface area contributed by atoms with Crippen LogP contribution in [0.1, 0.15) is 33.1 Å². The summed E-state index contributed by atoms with van der Waals surface area (Å²) in [6.07, 6.45) is 3.68. The van der Waals surface area contributed by atoms with Gasteiger partial charge in [0.2, 0.25) is 0 Å². The first-order valence-electron chi connectivity index (χ1n) is 7.76. The lowest BCUT2D eigenvalue weighted by Crippen LogP contribution is -2.35. The quantitative estimate of drug-likeness (QED) is 0.904. The number of halogens is 1. The van der Waals surface area contributed by atoms with Gasteiger partial charge >= 0.3 is 6.03 Å². The summed E-state index contributed by atoms with van der Waals surface area (Å²) in [5.41, 5.74) is 1.88. The van der Waals surface area contributed by atoms with Crippen LogP contribution in [0.4, 0.5) is 16.2 Å². The van der Waals surface area contributed by atoms with E-state index in [4.69, 9.17) is 11.6 Å². The number of carbonyl (C=O) groups is 1. The first kappa shape index (κ1) is 16.0. The highest BCUT2D eigenvalue weighted by molar-refractivity contribution is 6.31. The number of urea groups is 1. The molecule has 2 amide bonds. The van der Waals surface area contributed by atoms with E-state index in [9.17, 15) is 4.79 Å². The van der Waals surface area contributed by atoms with Crippen LogP contribution in [0.3, 0.4) is 0 Å². The molecule has 0 unspecified atom stereocenters. The van der Waals surface area contributed by atoms with Gasteiger partial charge in [-0.25, -0.2) is 4.79 Å². The van der Waals surface area contributed by atoms with Crippen molar-refractivity contribution in [1.82, 2.24) is 4.90 Å².